The van der Waals surface area contributed by atoms with Crippen molar-refractivity contribution in [1.82, 2.24) is 4.31 Å². The van der Waals surface area contributed by atoms with E-state index in [1.807, 2.05) is 43.3 Å². The van der Waals surface area contributed by atoms with Gasteiger partial charge in [-0.15, -0.1) is 0 Å². The number of hydrogen-bond acceptors (Lipinski definition) is 4. The molecule has 0 fully saturated rings. The molecule has 2 aromatic rings. The Hall–Kier alpha value is -2.25. The van der Waals surface area contributed by atoms with Crippen molar-refractivity contribution >= 4 is 21.8 Å². The molecular weight excluding hydrogens is 340 g/mol. The van der Waals surface area contributed by atoms with Gasteiger partial charge in [0.15, 0.2) is 0 Å². The molecule has 0 atom stereocenters. The van der Waals surface area contributed by atoms with Gasteiger partial charge in [-0.25, -0.2) is 8.42 Å². The Kier molecular flexibility index (Phi) is 6.45. The van der Waals surface area contributed by atoms with Crippen molar-refractivity contribution in [1.29, 1.82) is 5.26 Å². The second-order valence-electron chi connectivity index (χ2n) is 4.94. The molecule has 122 valence electrons. The van der Waals surface area contributed by atoms with E-state index < -0.39 is 10.0 Å². The summed E-state index contributed by atoms with van der Waals surface area (Å²) in [5, 5.41) is 11.8. The molecule has 4 nitrogen and oxygen atoms in total. The quantitative estimate of drug-likeness (QED) is 0.469. The summed E-state index contributed by atoms with van der Waals surface area (Å²) in [6.07, 6.45) is 0. The molecule has 24 heavy (non-hydrogen) atoms. The minimum Gasteiger partial charge on any atom is -0.207 e. The van der Waals surface area contributed by atoms with Gasteiger partial charge in [-0.3, -0.25) is 0 Å². The first kappa shape index (κ1) is 18.1. The zero-order valence-electron chi connectivity index (χ0n) is 13.1. The van der Waals surface area contributed by atoms with E-state index in [1.54, 1.807) is 24.3 Å². The highest BCUT2D eigenvalue weighted by atomic mass is 32.2. The van der Waals surface area contributed by atoms with Crippen LogP contribution in [0.3, 0.4) is 0 Å². The largest absolute Gasteiger partial charge is 0.244 e. The van der Waals surface area contributed by atoms with Crippen molar-refractivity contribution in [3.05, 3.63) is 60.2 Å². The van der Waals surface area contributed by atoms with Crippen LogP contribution in [0.2, 0.25) is 0 Å². The summed E-state index contributed by atoms with van der Waals surface area (Å²) < 4.78 is 26.3. The smallest absolute Gasteiger partial charge is 0.207 e. The molecule has 6 heteroatoms. The Labute approximate surface area is 147 Å². The number of nitrogens with zero attached hydrogens (tertiary/aromatic N) is 2. The van der Waals surface area contributed by atoms with Crippen LogP contribution >= 0.6 is 11.8 Å². The van der Waals surface area contributed by atoms with Crippen LogP contribution in [-0.4, -0.2) is 25.8 Å². The maximum Gasteiger partial charge on any atom is 0.244 e. The number of benzene rings is 2. The van der Waals surface area contributed by atoms with Gasteiger partial charge in [0.2, 0.25) is 10.0 Å². The Morgan fingerprint density at radius 2 is 1.71 bits per heavy atom. The maximum atomic E-state index is 12.6. The first-order valence-corrected chi connectivity index (χ1v) is 9.43. The second kappa shape index (κ2) is 8.56. The molecule has 0 saturated carbocycles. The molecule has 0 heterocycles. The predicted molar refractivity (Wildman–Crippen MR) is 95.6 cm³/mol. The van der Waals surface area contributed by atoms with Gasteiger partial charge in [0.25, 0.3) is 0 Å². The zero-order chi connectivity index (χ0) is 17.4. The second-order valence-corrected chi connectivity index (χ2v) is 7.76. The summed E-state index contributed by atoms with van der Waals surface area (Å²) in [7, 11) is -3.73. The standard InChI is InChI=1S/C18H16N2O2S2/c1-16-8-10-18(11-9-16)24(21,22)20(14-12-19)13-5-15-23-17-6-3-2-4-7-17/h2-4,6-11H,13-14H2,1H3. The topological polar surface area (TPSA) is 61.2 Å². The zero-order valence-corrected chi connectivity index (χ0v) is 14.8. The van der Waals surface area contributed by atoms with Gasteiger partial charge in [-0.1, -0.05) is 41.8 Å². The van der Waals surface area contributed by atoms with Crippen molar-refractivity contribution in [3.63, 3.8) is 0 Å². The van der Waals surface area contributed by atoms with Crippen molar-refractivity contribution in [2.24, 2.45) is 0 Å². The molecule has 2 aromatic carbocycles. The summed E-state index contributed by atoms with van der Waals surface area (Å²) >= 11 is 1.32. The Bertz CT molecular complexity index is 875. The third kappa shape index (κ3) is 4.87. The van der Waals surface area contributed by atoms with E-state index in [2.05, 4.69) is 11.2 Å². The summed E-state index contributed by atoms with van der Waals surface area (Å²) in [6.45, 7) is 1.63. The average Bonchev–Trinajstić information content (AvgIpc) is 2.59. The lowest BCUT2D eigenvalue weighted by molar-refractivity contribution is 0.481. The summed E-state index contributed by atoms with van der Waals surface area (Å²) in [6, 6.07) is 18.0. The number of rotatable bonds is 5. The van der Waals surface area contributed by atoms with E-state index in [4.69, 9.17) is 5.26 Å². The molecule has 0 aliphatic rings. The van der Waals surface area contributed by atoms with E-state index >= 15 is 0 Å². The first-order valence-electron chi connectivity index (χ1n) is 7.17. The molecule has 0 N–H and O–H groups in total. The molecule has 0 radical (unpaired) electrons. The molecule has 0 aliphatic heterocycles. The highest BCUT2D eigenvalue weighted by molar-refractivity contribution is 8.04. The number of hydrogen-bond donors (Lipinski definition) is 0. The molecular formula is C18H16N2O2S2. The summed E-state index contributed by atoms with van der Waals surface area (Å²) in [5.74, 6) is 2.81. The van der Waals surface area contributed by atoms with Gasteiger partial charge < -0.3 is 0 Å². The fourth-order valence-electron chi connectivity index (χ4n) is 1.87. The fraction of sp³-hybridized carbons (Fsp3) is 0.167. The summed E-state index contributed by atoms with van der Waals surface area (Å²) in [5.41, 5.74) is 0.972. The Balaban J connectivity index is 2.12. The third-order valence-corrected chi connectivity index (χ3v) is 5.71. The molecule has 0 amide bonds. The summed E-state index contributed by atoms with van der Waals surface area (Å²) in [4.78, 5) is 1.15. The molecule has 2 rings (SSSR count). The van der Waals surface area contributed by atoms with Crippen molar-refractivity contribution in [3.8, 4) is 17.2 Å². The lowest BCUT2D eigenvalue weighted by atomic mass is 10.2. The van der Waals surface area contributed by atoms with E-state index in [0.29, 0.717) is 0 Å². The molecule has 0 aromatic heterocycles. The van der Waals surface area contributed by atoms with E-state index in [9.17, 15) is 8.42 Å². The number of sulfonamides is 1. The molecule has 0 unspecified atom stereocenters. The molecule has 0 saturated heterocycles. The van der Waals surface area contributed by atoms with Crippen LogP contribution in [0.4, 0.5) is 0 Å². The minimum atomic E-state index is -3.73. The van der Waals surface area contributed by atoms with Gasteiger partial charge in [0, 0.05) is 4.90 Å². The average molecular weight is 356 g/mol. The van der Waals surface area contributed by atoms with E-state index in [1.165, 1.54) is 11.8 Å². The highest BCUT2D eigenvalue weighted by Gasteiger charge is 2.23. The fourth-order valence-corrected chi connectivity index (χ4v) is 3.66. The predicted octanol–water partition coefficient (Wildman–Crippen LogP) is 3.26. The maximum absolute atomic E-state index is 12.6. The van der Waals surface area contributed by atoms with Gasteiger partial charge in [0.05, 0.1) is 17.5 Å². The SMILES string of the molecule is Cc1ccc(S(=O)(=O)N(CC#N)CC#CSc2ccccc2)cc1. The van der Waals surface area contributed by atoms with Crippen molar-refractivity contribution in [2.75, 3.05) is 13.1 Å². The van der Waals surface area contributed by atoms with Crippen molar-refractivity contribution < 1.29 is 8.42 Å². The number of nitriles is 1. The van der Waals surface area contributed by atoms with Crippen LogP contribution in [0, 0.1) is 29.4 Å². The van der Waals surface area contributed by atoms with Crippen LogP contribution < -0.4 is 0 Å². The normalized spacial score (nSPS) is 10.7. The number of thioether (sulfide) groups is 1. The van der Waals surface area contributed by atoms with E-state index in [-0.39, 0.29) is 18.0 Å². The lowest BCUT2D eigenvalue weighted by Crippen LogP contribution is -2.31. The minimum absolute atomic E-state index is 0.0242. The van der Waals surface area contributed by atoms with Crippen LogP contribution in [0.1, 0.15) is 5.56 Å². The van der Waals surface area contributed by atoms with Crippen LogP contribution in [0.25, 0.3) is 0 Å². The van der Waals surface area contributed by atoms with Gasteiger partial charge in [-0.2, -0.15) is 9.57 Å². The monoisotopic (exact) mass is 356 g/mol. The number of aryl methyl sites for hydroxylation is 1. The Morgan fingerprint density at radius 3 is 2.33 bits per heavy atom. The van der Waals surface area contributed by atoms with Gasteiger partial charge >= 0.3 is 0 Å². The van der Waals surface area contributed by atoms with Gasteiger partial charge in [-0.05, 0) is 48.2 Å². The van der Waals surface area contributed by atoms with Crippen LogP contribution in [0.5, 0.6) is 0 Å². The van der Waals surface area contributed by atoms with Gasteiger partial charge in [0.1, 0.15) is 6.54 Å². The van der Waals surface area contributed by atoms with Crippen LogP contribution in [0.15, 0.2) is 64.4 Å². The third-order valence-electron chi connectivity index (χ3n) is 3.15. The lowest BCUT2D eigenvalue weighted by Gasteiger charge is -2.16. The molecule has 0 aliphatic carbocycles. The van der Waals surface area contributed by atoms with E-state index in [0.717, 1.165) is 14.8 Å². The first-order chi connectivity index (χ1) is 11.5. The highest BCUT2D eigenvalue weighted by Crippen LogP contribution is 2.17. The van der Waals surface area contributed by atoms with Crippen LogP contribution in [-0.2, 0) is 10.0 Å². The molecule has 0 bridgehead atoms. The van der Waals surface area contributed by atoms with Crippen molar-refractivity contribution in [2.45, 2.75) is 16.7 Å². The Morgan fingerprint density at radius 1 is 1.04 bits per heavy atom. The molecule has 0 spiro atoms.